The van der Waals surface area contributed by atoms with Crippen LogP contribution in [-0.4, -0.2) is 68.8 Å². The third-order valence-corrected chi connectivity index (χ3v) is 5.70. The van der Waals surface area contributed by atoms with Crippen LogP contribution in [0.15, 0.2) is 24.3 Å². The van der Waals surface area contributed by atoms with Gasteiger partial charge in [0.1, 0.15) is 6.61 Å². The van der Waals surface area contributed by atoms with Crippen LogP contribution in [0.4, 0.5) is 0 Å². The highest BCUT2D eigenvalue weighted by atomic mass is 16.5. The highest BCUT2D eigenvalue weighted by Crippen LogP contribution is 2.29. The second-order valence-electron chi connectivity index (χ2n) is 8.07. The molecule has 1 aromatic rings. The number of benzene rings is 1. The lowest BCUT2D eigenvalue weighted by Gasteiger charge is -2.29. The Morgan fingerprint density at radius 1 is 1.07 bits per heavy atom. The van der Waals surface area contributed by atoms with Gasteiger partial charge in [-0.05, 0) is 69.3 Å². The Morgan fingerprint density at radius 3 is 2.37 bits per heavy atom. The number of likely N-dealkylation sites (tertiary alicyclic amines) is 1. The monoisotopic (exact) mass is 374 g/mol. The highest BCUT2D eigenvalue weighted by Gasteiger charge is 2.32. The maximum atomic E-state index is 12.5. The molecule has 3 rings (SSSR count). The molecule has 150 valence electrons. The number of methoxy groups -OCH3 is 1. The number of carbonyl (C=O) groups excluding carboxylic acids is 1. The lowest BCUT2D eigenvalue weighted by molar-refractivity contribution is -0.137. The van der Waals surface area contributed by atoms with Gasteiger partial charge < -0.3 is 19.3 Å². The van der Waals surface area contributed by atoms with Gasteiger partial charge in [-0.25, -0.2) is 0 Å². The molecule has 0 unspecified atom stereocenters. The first kappa shape index (κ1) is 20.3. The third-order valence-electron chi connectivity index (χ3n) is 5.70. The molecule has 1 aromatic carbocycles. The first-order valence-corrected chi connectivity index (χ1v) is 10.3. The van der Waals surface area contributed by atoms with Crippen molar-refractivity contribution in [2.24, 2.45) is 5.92 Å². The Bertz CT molecular complexity index is 578. The van der Waals surface area contributed by atoms with E-state index in [0.29, 0.717) is 25.8 Å². The van der Waals surface area contributed by atoms with Crippen molar-refractivity contribution in [1.29, 1.82) is 0 Å². The largest absolute Gasteiger partial charge is 0.382 e. The first-order chi connectivity index (χ1) is 13.2. The van der Waals surface area contributed by atoms with E-state index < -0.39 is 0 Å². The minimum absolute atomic E-state index is 0.0870. The van der Waals surface area contributed by atoms with Gasteiger partial charge in [-0.2, -0.15) is 0 Å². The number of carbonyl (C=O) groups is 1. The van der Waals surface area contributed by atoms with Crippen LogP contribution in [0.25, 0.3) is 0 Å². The summed E-state index contributed by atoms with van der Waals surface area (Å²) in [5.74, 6) is 0.893. The van der Waals surface area contributed by atoms with E-state index in [9.17, 15) is 4.79 Å². The van der Waals surface area contributed by atoms with Crippen molar-refractivity contribution in [1.82, 2.24) is 9.80 Å². The predicted octanol–water partition coefficient (Wildman–Crippen LogP) is 2.72. The van der Waals surface area contributed by atoms with Crippen LogP contribution in [0.5, 0.6) is 0 Å². The minimum Gasteiger partial charge on any atom is -0.382 e. The normalized spacial score (nSPS) is 18.6. The van der Waals surface area contributed by atoms with E-state index in [2.05, 4.69) is 36.2 Å². The van der Waals surface area contributed by atoms with Crippen LogP contribution in [-0.2, 0) is 27.2 Å². The zero-order chi connectivity index (χ0) is 19.1. The lowest BCUT2D eigenvalue weighted by Crippen LogP contribution is -2.35. The zero-order valence-corrected chi connectivity index (χ0v) is 16.9. The van der Waals surface area contributed by atoms with Crippen LogP contribution < -0.4 is 0 Å². The number of hydrogen-bond acceptors (Lipinski definition) is 4. The molecular formula is C22H34N2O3. The summed E-state index contributed by atoms with van der Waals surface area (Å²) in [5.41, 5.74) is 2.62. The fourth-order valence-electron chi connectivity index (χ4n) is 3.77. The van der Waals surface area contributed by atoms with Gasteiger partial charge in [-0.1, -0.05) is 24.3 Å². The second kappa shape index (κ2) is 10.2. The third kappa shape index (κ3) is 6.59. The summed E-state index contributed by atoms with van der Waals surface area (Å²) >= 11 is 0. The summed E-state index contributed by atoms with van der Waals surface area (Å²) in [5, 5.41) is 0. The van der Waals surface area contributed by atoms with Gasteiger partial charge in [0.2, 0.25) is 5.91 Å². The molecule has 2 fully saturated rings. The molecule has 0 atom stereocenters. The Balaban J connectivity index is 1.48. The quantitative estimate of drug-likeness (QED) is 0.591. The maximum Gasteiger partial charge on any atom is 0.249 e. The number of piperidine rings is 1. The van der Waals surface area contributed by atoms with E-state index in [1.54, 1.807) is 7.11 Å². The summed E-state index contributed by atoms with van der Waals surface area (Å²) in [6.07, 6.45) is 5.99. The molecule has 1 aliphatic heterocycles. The fraction of sp³-hybridized carbons (Fsp3) is 0.682. The minimum atomic E-state index is 0.0870. The Kier molecular flexibility index (Phi) is 7.68. The molecule has 2 aliphatic rings. The predicted molar refractivity (Wildman–Crippen MR) is 107 cm³/mol. The van der Waals surface area contributed by atoms with Gasteiger partial charge in [0.05, 0.1) is 13.2 Å². The van der Waals surface area contributed by atoms with Crippen LogP contribution >= 0.6 is 0 Å². The van der Waals surface area contributed by atoms with Crippen LogP contribution in [0.2, 0.25) is 0 Å². The molecule has 0 spiro atoms. The average molecular weight is 375 g/mol. The van der Waals surface area contributed by atoms with E-state index in [1.807, 2.05) is 4.90 Å². The average Bonchev–Trinajstić information content (AvgIpc) is 3.51. The van der Waals surface area contributed by atoms with Gasteiger partial charge >= 0.3 is 0 Å². The molecule has 0 radical (unpaired) electrons. The molecule has 0 N–H and O–H groups in total. The molecule has 0 aromatic heterocycles. The van der Waals surface area contributed by atoms with Crippen LogP contribution in [0, 0.1) is 5.92 Å². The highest BCUT2D eigenvalue weighted by molar-refractivity contribution is 5.78. The van der Waals surface area contributed by atoms with Gasteiger partial charge in [0.15, 0.2) is 0 Å². The SMILES string of the molecule is COCCOCC(=O)N(Cc1ccc(CC2CCN(C)CC2)cc1)C1CC1. The Labute approximate surface area is 163 Å². The van der Waals surface area contributed by atoms with E-state index in [4.69, 9.17) is 9.47 Å². The van der Waals surface area contributed by atoms with Crippen molar-refractivity contribution >= 4 is 5.91 Å². The van der Waals surface area contributed by atoms with E-state index in [-0.39, 0.29) is 12.5 Å². The summed E-state index contributed by atoms with van der Waals surface area (Å²) in [6, 6.07) is 9.27. The summed E-state index contributed by atoms with van der Waals surface area (Å²) < 4.78 is 10.4. The number of ether oxygens (including phenoxy) is 2. The van der Waals surface area contributed by atoms with Crippen molar-refractivity contribution in [3.63, 3.8) is 0 Å². The van der Waals surface area contributed by atoms with Crippen LogP contribution in [0.1, 0.15) is 36.8 Å². The van der Waals surface area contributed by atoms with Gasteiger partial charge in [0, 0.05) is 19.7 Å². The molecule has 1 heterocycles. The molecule has 0 bridgehead atoms. The van der Waals surface area contributed by atoms with Gasteiger partial charge in [-0.3, -0.25) is 4.79 Å². The zero-order valence-electron chi connectivity index (χ0n) is 16.9. The van der Waals surface area contributed by atoms with Gasteiger partial charge in [0.25, 0.3) is 0 Å². The lowest BCUT2D eigenvalue weighted by atomic mass is 9.90. The number of hydrogen-bond donors (Lipinski definition) is 0. The van der Waals surface area contributed by atoms with E-state index >= 15 is 0 Å². The Hall–Kier alpha value is -1.43. The van der Waals surface area contributed by atoms with Crippen molar-refractivity contribution in [2.75, 3.05) is 47.1 Å². The van der Waals surface area contributed by atoms with E-state index in [1.165, 1.54) is 43.5 Å². The first-order valence-electron chi connectivity index (χ1n) is 10.3. The standard InChI is InChI=1S/C22H34N2O3/c1-23-11-9-19(10-12-23)15-18-3-5-20(6-4-18)16-24(21-7-8-21)22(25)17-27-14-13-26-2/h3-6,19,21H,7-17H2,1-2H3. The van der Waals surface area contributed by atoms with E-state index in [0.717, 1.165) is 18.8 Å². The topological polar surface area (TPSA) is 42.0 Å². The van der Waals surface area contributed by atoms with Crippen molar-refractivity contribution in [3.05, 3.63) is 35.4 Å². The number of rotatable bonds is 10. The molecular weight excluding hydrogens is 340 g/mol. The number of amides is 1. The Morgan fingerprint density at radius 2 is 1.74 bits per heavy atom. The summed E-state index contributed by atoms with van der Waals surface area (Å²) in [7, 11) is 3.85. The van der Waals surface area contributed by atoms with Crippen molar-refractivity contribution in [2.45, 2.75) is 44.7 Å². The van der Waals surface area contributed by atoms with Crippen LogP contribution in [0.3, 0.4) is 0 Å². The molecule has 1 amide bonds. The van der Waals surface area contributed by atoms with Gasteiger partial charge in [-0.15, -0.1) is 0 Å². The molecule has 1 saturated carbocycles. The molecule has 27 heavy (non-hydrogen) atoms. The van der Waals surface area contributed by atoms with Crippen molar-refractivity contribution in [3.8, 4) is 0 Å². The molecule has 5 heteroatoms. The molecule has 1 saturated heterocycles. The summed E-state index contributed by atoms with van der Waals surface area (Å²) in [6.45, 7) is 4.25. The molecule has 1 aliphatic carbocycles. The fourth-order valence-corrected chi connectivity index (χ4v) is 3.77. The number of nitrogens with zero attached hydrogens (tertiary/aromatic N) is 2. The second-order valence-corrected chi connectivity index (χ2v) is 8.07. The summed E-state index contributed by atoms with van der Waals surface area (Å²) in [4.78, 5) is 16.9. The maximum absolute atomic E-state index is 12.5. The molecule has 5 nitrogen and oxygen atoms in total. The smallest absolute Gasteiger partial charge is 0.249 e. The van der Waals surface area contributed by atoms with Crippen molar-refractivity contribution < 1.29 is 14.3 Å².